The van der Waals surface area contributed by atoms with E-state index in [2.05, 4.69) is 0 Å². The highest BCUT2D eigenvalue weighted by Crippen LogP contribution is 2.41. The number of hydrogen-bond acceptors (Lipinski definition) is 2. The van der Waals surface area contributed by atoms with Crippen molar-refractivity contribution in [2.24, 2.45) is 5.50 Å². The van der Waals surface area contributed by atoms with Gasteiger partial charge in [0.05, 0.1) is 6.61 Å². The van der Waals surface area contributed by atoms with Crippen LogP contribution in [0.2, 0.25) is 0 Å². The Hall–Kier alpha value is 0.980. The first kappa shape index (κ1) is 15.0. The third-order valence-corrected chi connectivity index (χ3v) is 3.67. The van der Waals surface area contributed by atoms with E-state index in [4.69, 9.17) is 44.8 Å². The molecule has 0 aromatic heterocycles. The van der Waals surface area contributed by atoms with Crippen LogP contribution in [-0.2, 0) is 9.09 Å². The first-order valence-corrected chi connectivity index (χ1v) is 7.30. The largest absolute Gasteiger partial charge is 0.340 e. The van der Waals surface area contributed by atoms with Crippen LogP contribution in [0, 0.1) is 0 Å². The molecule has 0 saturated carbocycles. The molecular weight excluding hydrogens is 269 g/mol. The van der Waals surface area contributed by atoms with Crippen LogP contribution in [-0.4, -0.2) is 42.0 Å². The van der Waals surface area contributed by atoms with Gasteiger partial charge in [0, 0.05) is 30.7 Å². The quantitative estimate of drug-likeness (QED) is 0.547. The number of halogens is 3. The van der Waals surface area contributed by atoms with Crippen LogP contribution in [0.15, 0.2) is 0 Å². The Morgan fingerprint density at radius 3 is 2.00 bits per heavy atom. The van der Waals surface area contributed by atoms with E-state index in [0.717, 1.165) is 0 Å². The minimum Gasteiger partial charge on any atom is -0.305 e. The van der Waals surface area contributed by atoms with Gasteiger partial charge in [-0.1, -0.05) is 0 Å². The Bertz CT molecular complexity index is 190. The number of nitrogens with zero attached hydrogens (tertiary/aromatic N) is 1. The molecule has 14 heavy (non-hydrogen) atoms. The van der Waals surface area contributed by atoms with Gasteiger partial charge in [-0.3, -0.25) is 4.57 Å². The maximum Gasteiger partial charge on any atom is 0.340 e. The van der Waals surface area contributed by atoms with Crippen molar-refractivity contribution in [1.82, 2.24) is 4.67 Å². The molecule has 0 spiro atoms. The SMILES string of the molecule is NP(=O)(OCCCl)N(CCCl)CCCl. The molecule has 0 saturated heterocycles. The molecule has 8 heteroatoms. The molecule has 0 heterocycles. The number of hydrogen-bond donors (Lipinski definition) is 1. The van der Waals surface area contributed by atoms with Crippen molar-refractivity contribution < 1.29 is 9.09 Å². The van der Waals surface area contributed by atoms with Crippen LogP contribution in [0.1, 0.15) is 0 Å². The highest BCUT2D eigenvalue weighted by Gasteiger charge is 2.25. The van der Waals surface area contributed by atoms with Crippen LogP contribution >= 0.6 is 42.5 Å². The molecule has 0 aliphatic rings. The summed E-state index contributed by atoms with van der Waals surface area (Å²) in [7, 11) is -3.27. The van der Waals surface area contributed by atoms with Gasteiger partial charge in [-0.25, -0.2) is 10.2 Å². The summed E-state index contributed by atoms with van der Waals surface area (Å²) >= 11 is 16.5. The average molecular weight is 284 g/mol. The third-order valence-electron chi connectivity index (χ3n) is 1.43. The van der Waals surface area contributed by atoms with Gasteiger partial charge in [0.25, 0.3) is 0 Å². The Morgan fingerprint density at radius 2 is 1.64 bits per heavy atom. The second-order valence-electron chi connectivity index (χ2n) is 2.42. The molecule has 0 amide bonds. The van der Waals surface area contributed by atoms with Gasteiger partial charge >= 0.3 is 7.67 Å². The zero-order valence-corrected chi connectivity index (χ0v) is 10.8. The van der Waals surface area contributed by atoms with E-state index < -0.39 is 7.67 Å². The molecule has 0 aliphatic heterocycles. The van der Waals surface area contributed by atoms with Crippen molar-refractivity contribution in [1.29, 1.82) is 0 Å². The second-order valence-corrected chi connectivity index (χ2v) is 5.50. The van der Waals surface area contributed by atoms with Crippen molar-refractivity contribution in [3.63, 3.8) is 0 Å². The summed E-state index contributed by atoms with van der Waals surface area (Å²) in [6.45, 7) is 0.908. The van der Waals surface area contributed by atoms with E-state index in [-0.39, 0.29) is 12.5 Å². The summed E-state index contributed by atoms with van der Waals surface area (Å²) in [5.41, 5.74) is 5.50. The predicted octanol–water partition coefficient (Wildman–Crippen LogP) is 2.09. The van der Waals surface area contributed by atoms with E-state index in [1.54, 1.807) is 0 Å². The van der Waals surface area contributed by atoms with E-state index in [9.17, 15) is 4.57 Å². The lowest BCUT2D eigenvalue weighted by Gasteiger charge is -2.26. The van der Waals surface area contributed by atoms with Crippen LogP contribution < -0.4 is 5.50 Å². The molecule has 86 valence electrons. The van der Waals surface area contributed by atoms with Gasteiger partial charge in [0.15, 0.2) is 0 Å². The van der Waals surface area contributed by atoms with Crippen molar-refractivity contribution >= 4 is 42.5 Å². The fourth-order valence-electron chi connectivity index (χ4n) is 0.833. The maximum atomic E-state index is 11.8. The lowest BCUT2D eigenvalue weighted by Crippen LogP contribution is -2.29. The first-order valence-electron chi connectivity index (χ1n) is 4.05. The molecule has 0 fully saturated rings. The summed E-state index contributed by atoms with van der Waals surface area (Å²) in [6.07, 6.45) is 0. The van der Waals surface area contributed by atoms with E-state index >= 15 is 0 Å². The zero-order chi connectivity index (χ0) is 11.0. The Kier molecular flexibility index (Phi) is 8.74. The smallest absolute Gasteiger partial charge is 0.305 e. The van der Waals surface area contributed by atoms with Crippen molar-refractivity contribution in [2.75, 3.05) is 37.3 Å². The topological polar surface area (TPSA) is 55.6 Å². The Balaban J connectivity index is 4.21. The maximum absolute atomic E-state index is 11.8. The Labute approximate surface area is 99.2 Å². The molecule has 0 aromatic rings. The van der Waals surface area contributed by atoms with E-state index in [0.29, 0.717) is 24.8 Å². The number of alkyl halides is 3. The summed E-state index contributed by atoms with van der Waals surface area (Å²) in [4.78, 5) is 0. The minimum atomic E-state index is -3.27. The van der Waals surface area contributed by atoms with Gasteiger partial charge in [-0.05, 0) is 0 Å². The lowest BCUT2D eigenvalue weighted by molar-refractivity contribution is 0.281. The van der Waals surface area contributed by atoms with Crippen molar-refractivity contribution in [2.45, 2.75) is 0 Å². The van der Waals surface area contributed by atoms with E-state index in [1.807, 2.05) is 0 Å². The molecular formula is C6H14Cl3N2O2P. The lowest BCUT2D eigenvalue weighted by atomic mass is 10.6. The van der Waals surface area contributed by atoms with Crippen LogP contribution in [0.3, 0.4) is 0 Å². The summed E-state index contributed by atoms with van der Waals surface area (Å²) in [5, 5.41) is 0. The van der Waals surface area contributed by atoms with Crippen LogP contribution in [0.25, 0.3) is 0 Å². The molecule has 0 rings (SSSR count). The first-order chi connectivity index (χ1) is 6.58. The highest BCUT2D eigenvalue weighted by atomic mass is 35.5. The fraction of sp³-hybridized carbons (Fsp3) is 1.00. The number of nitrogens with two attached hydrogens (primary N) is 1. The highest BCUT2D eigenvalue weighted by molar-refractivity contribution is 7.53. The van der Waals surface area contributed by atoms with Gasteiger partial charge in [-0.15, -0.1) is 34.8 Å². The van der Waals surface area contributed by atoms with Crippen LogP contribution in [0.5, 0.6) is 0 Å². The van der Waals surface area contributed by atoms with Crippen molar-refractivity contribution in [3.05, 3.63) is 0 Å². The third kappa shape index (κ3) is 5.76. The summed E-state index contributed by atoms with van der Waals surface area (Å²) in [5.74, 6) is 0.890. The normalized spacial score (nSPS) is 15.8. The molecule has 1 unspecified atom stereocenters. The molecule has 0 aromatic carbocycles. The Morgan fingerprint density at radius 1 is 1.14 bits per heavy atom. The number of rotatable bonds is 8. The molecule has 0 radical (unpaired) electrons. The molecule has 1 atom stereocenters. The predicted molar refractivity (Wildman–Crippen MR) is 61.5 cm³/mol. The van der Waals surface area contributed by atoms with Crippen molar-refractivity contribution in [3.8, 4) is 0 Å². The van der Waals surface area contributed by atoms with Gasteiger partial charge in [0.1, 0.15) is 0 Å². The molecule has 0 aliphatic carbocycles. The summed E-state index contributed by atoms with van der Waals surface area (Å²) in [6, 6.07) is 0. The van der Waals surface area contributed by atoms with Gasteiger partial charge < -0.3 is 4.52 Å². The fourth-order valence-corrected chi connectivity index (χ4v) is 2.93. The van der Waals surface area contributed by atoms with Gasteiger partial charge in [0.2, 0.25) is 0 Å². The van der Waals surface area contributed by atoms with E-state index in [1.165, 1.54) is 4.67 Å². The average Bonchev–Trinajstić information content (AvgIpc) is 2.14. The standard InChI is InChI=1S/C6H14Cl3N2O2P/c7-1-4-11(5-2-8)14(10,12)13-6-3-9/h1-6H2,(H2,10,12). The monoisotopic (exact) mass is 282 g/mol. The zero-order valence-electron chi connectivity index (χ0n) is 7.66. The van der Waals surface area contributed by atoms with Gasteiger partial charge in [-0.2, -0.15) is 0 Å². The second kappa shape index (κ2) is 8.17. The molecule has 2 N–H and O–H groups in total. The minimum absolute atomic E-state index is 0.149. The van der Waals surface area contributed by atoms with Crippen LogP contribution in [0.4, 0.5) is 0 Å². The molecule has 4 nitrogen and oxygen atoms in total. The molecule has 0 bridgehead atoms. The summed E-state index contributed by atoms with van der Waals surface area (Å²) < 4.78 is 18.2.